The Morgan fingerprint density at radius 2 is 2.12 bits per heavy atom. The molecule has 98 valence electrons. The fraction of sp³-hybridized carbons (Fsp3) is 0.833. The van der Waals surface area contributed by atoms with E-state index in [0.717, 1.165) is 12.8 Å². The summed E-state index contributed by atoms with van der Waals surface area (Å²) in [7, 11) is 0. The van der Waals surface area contributed by atoms with Crippen molar-refractivity contribution in [3.63, 3.8) is 0 Å². The van der Waals surface area contributed by atoms with Crippen LogP contribution in [0, 0.1) is 5.92 Å². The van der Waals surface area contributed by atoms with Gasteiger partial charge < -0.3 is 15.7 Å². The monoisotopic (exact) mass is 242 g/mol. The van der Waals surface area contributed by atoms with Crippen LogP contribution in [0.1, 0.15) is 40.0 Å². The lowest BCUT2D eigenvalue weighted by molar-refractivity contribution is -0.151. The summed E-state index contributed by atoms with van der Waals surface area (Å²) in [6.07, 6.45) is 2.10. The molecule has 17 heavy (non-hydrogen) atoms. The highest BCUT2D eigenvalue weighted by Crippen LogP contribution is 2.27. The first-order valence-electron chi connectivity index (χ1n) is 6.14. The van der Waals surface area contributed by atoms with Crippen LogP contribution in [0.25, 0.3) is 0 Å². The quantitative estimate of drug-likeness (QED) is 0.764. The van der Waals surface area contributed by atoms with Crippen molar-refractivity contribution in [1.29, 1.82) is 0 Å². The van der Waals surface area contributed by atoms with Crippen molar-refractivity contribution in [1.82, 2.24) is 4.90 Å². The summed E-state index contributed by atoms with van der Waals surface area (Å²) in [5.74, 6) is -1.18. The molecule has 0 radical (unpaired) electrons. The number of hydrogen-bond acceptors (Lipinski definition) is 3. The Hall–Kier alpha value is -1.10. The van der Waals surface area contributed by atoms with Gasteiger partial charge in [-0.05, 0) is 25.7 Å². The maximum atomic E-state index is 12.3. The molecule has 1 rings (SSSR count). The highest BCUT2D eigenvalue weighted by atomic mass is 16.4. The van der Waals surface area contributed by atoms with E-state index in [0.29, 0.717) is 13.0 Å². The summed E-state index contributed by atoms with van der Waals surface area (Å²) in [5, 5.41) is 9.16. The zero-order valence-corrected chi connectivity index (χ0v) is 10.8. The number of aliphatic carboxylic acids is 1. The van der Waals surface area contributed by atoms with Gasteiger partial charge in [0.2, 0.25) is 5.91 Å². The molecule has 1 aliphatic rings. The standard InChI is InChI=1S/C12H22N2O3/c1-4-6-12(3,13)11(17)14-7-5-8(2)9(14)10(15)16/h8-9H,4-7,13H2,1-3H3,(H,15,16). The molecule has 1 saturated heterocycles. The van der Waals surface area contributed by atoms with E-state index in [1.807, 2.05) is 13.8 Å². The van der Waals surface area contributed by atoms with E-state index in [9.17, 15) is 9.59 Å². The number of carbonyl (C=O) groups is 2. The molecule has 5 heteroatoms. The number of likely N-dealkylation sites (tertiary alicyclic amines) is 1. The summed E-state index contributed by atoms with van der Waals surface area (Å²) in [6.45, 7) is 5.99. The molecule has 1 fully saturated rings. The molecule has 0 aromatic heterocycles. The predicted molar refractivity (Wildman–Crippen MR) is 64.4 cm³/mol. The Labute approximate surface area is 102 Å². The molecule has 5 nitrogen and oxygen atoms in total. The van der Waals surface area contributed by atoms with E-state index in [1.165, 1.54) is 4.90 Å². The van der Waals surface area contributed by atoms with Crippen molar-refractivity contribution >= 4 is 11.9 Å². The number of carboxylic acids is 1. The Balaban J connectivity index is 2.85. The van der Waals surface area contributed by atoms with Crippen LogP contribution < -0.4 is 5.73 Å². The zero-order valence-electron chi connectivity index (χ0n) is 10.8. The molecule has 0 aliphatic carbocycles. The van der Waals surface area contributed by atoms with Crippen molar-refractivity contribution in [2.45, 2.75) is 51.6 Å². The van der Waals surface area contributed by atoms with Crippen LogP contribution >= 0.6 is 0 Å². The summed E-state index contributed by atoms with van der Waals surface area (Å²) < 4.78 is 0. The van der Waals surface area contributed by atoms with Crippen molar-refractivity contribution in [2.24, 2.45) is 11.7 Å². The minimum Gasteiger partial charge on any atom is -0.480 e. The van der Waals surface area contributed by atoms with Crippen molar-refractivity contribution in [3.05, 3.63) is 0 Å². The van der Waals surface area contributed by atoms with E-state index in [1.54, 1.807) is 6.92 Å². The summed E-state index contributed by atoms with van der Waals surface area (Å²) in [4.78, 5) is 24.9. The van der Waals surface area contributed by atoms with E-state index < -0.39 is 17.6 Å². The average Bonchev–Trinajstić information content (AvgIpc) is 2.58. The van der Waals surface area contributed by atoms with Crippen LogP contribution in [0.15, 0.2) is 0 Å². The molecule has 3 unspecified atom stereocenters. The second-order valence-corrected chi connectivity index (χ2v) is 5.22. The molecule has 1 amide bonds. The number of rotatable bonds is 4. The number of amides is 1. The first-order chi connectivity index (χ1) is 7.81. The fourth-order valence-corrected chi connectivity index (χ4v) is 2.51. The number of nitrogens with zero attached hydrogens (tertiary/aromatic N) is 1. The minimum absolute atomic E-state index is 0.00567. The van der Waals surface area contributed by atoms with E-state index >= 15 is 0 Å². The van der Waals surface area contributed by atoms with Gasteiger partial charge in [0, 0.05) is 6.54 Å². The molecule has 0 saturated carbocycles. The van der Waals surface area contributed by atoms with Crippen molar-refractivity contribution in [2.75, 3.05) is 6.54 Å². The van der Waals surface area contributed by atoms with Crippen molar-refractivity contribution in [3.8, 4) is 0 Å². The summed E-state index contributed by atoms with van der Waals surface area (Å²) >= 11 is 0. The van der Waals surface area contributed by atoms with Crippen molar-refractivity contribution < 1.29 is 14.7 Å². The lowest BCUT2D eigenvalue weighted by Gasteiger charge is -2.32. The van der Waals surface area contributed by atoms with Gasteiger partial charge in [0.1, 0.15) is 6.04 Å². The third-order valence-electron chi connectivity index (χ3n) is 3.47. The number of carboxylic acid groups (broad SMARTS) is 1. The number of nitrogens with two attached hydrogens (primary N) is 1. The van der Waals surface area contributed by atoms with E-state index in [4.69, 9.17) is 10.8 Å². The lowest BCUT2D eigenvalue weighted by atomic mass is 9.94. The van der Waals surface area contributed by atoms with E-state index in [-0.39, 0.29) is 11.8 Å². The van der Waals surface area contributed by atoms with Gasteiger partial charge >= 0.3 is 5.97 Å². The van der Waals surface area contributed by atoms with Gasteiger partial charge in [-0.1, -0.05) is 20.3 Å². The normalized spacial score (nSPS) is 27.9. The molecule has 0 aromatic carbocycles. The molecular formula is C12H22N2O3. The summed E-state index contributed by atoms with van der Waals surface area (Å²) in [6, 6.07) is -0.720. The first-order valence-corrected chi connectivity index (χ1v) is 6.14. The van der Waals surface area contributed by atoms with Gasteiger partial charge in [0.05, 0.1) is 5.54 Å². The van der Waals surface area contributed by atoms with Gasteiger partial charge in [0.15, 0.2) is 0 Å². The molecule has 3 N–H and O–H groups in total. The number of hydrogen-bond donors (Lipinski definition) is 2. The number of carbonyl (C=O) groups excluding carboxylic acids is 1. The molecular weight excluding hydrogens is 220 g/mol. The second kappa shape index (κ2) is 5.04. The Kier molecular flexibility index (Phi) is 4.14. The predicted octanol–water partition coefficient (Wildman–Crippen LogP) is 0.825. The SMILES string of the molecule is CCCC(C)(N)C(=O)N1CCC(C)C1C(=O)O. The van der Waals surface area contributed by atoms with Crippen LogP contribution in [0.3, 0.4) is 0 Å². The van der Waals surface area contributed by atoms with Crippen LogP contribution in [0.5, 0.6) is 0 Å². The third-order valence-corrected chi connectivity index (χ3v) is 3.47. The van der Waals surface area contributed by atoms with Crippen LogP contribution in [-0.2, 0) is 9.59 Å². The highest BCUT2D eigenvalue weighted by molar-refractivity contribution is 5.90. The maximum absolute atomic E-state index is 12.3. The second-order valence-electron chi connectivity index (χ2n) is 5.22. The summed E-state index contributed by atoms with van der Waals surface area (Å²) in [5.41, 5.74) is 5.02. The third kappa shape index (κ3) is 2.77. The van der Waals surface area contributed by atoms with Gasteiger partial charge in [-0.2, -0.15) is 0 Å². The van der Waals surface area contributed by atoms with Crippen LogP contribution in [0.4, 0.5) is 0 Å². The van der Waals surface area contributed by atoms with Crippen LogP contribution in [0.2, 0.25) is 0 Å². The lowest BCUT2D eigenvalue weighted by Crippen LogP contribution is -2.56. The first kappa shape index (κ1) is 14.0. The topological polar surface area (TPSA) is 83.6 Å². The highest BCUT2D eigenvalue weighted by Gasteiger charge is 2.43. The molecule has 1 heterocycles. The maximum Gasteiger partial charge on any atom is 0.326 e. The molecule has 0 bridgehead atoms. The average molecular weight is 242 g/mol. The Bertz CT molecular complexity index is 315. The fourth-order valence-electron chi connectivity index (χ4n) is 2.51. The molecule has 0 aromatic rings. The molecule has 3 atom stereocenters. The zero-order chi connectivity index (χ0) is 13.2. The smallest absolute Gasteiger partial charge is 0.326 e. The van der Waals surface area contributed by atoms with Gasteiger partial charge in [-0.25, -0.2) is 4.79 Å². The van der Waals surface area contributed by atoms with Gasteiger partial charge in [0.25, 0.3) is 0 Å². The molecule has 1 aliphatic heterocycles. The Morgan fingerprint density at radius 1 is 1.53 bits per heavy atom. The minimum atomic E-state index is -0.952. The molecule has 0 spiro atoms. The van der Waals surface area contributed by atoms with E-state index in [2.05, 4.69) is 0 Å². The Morgan fingerprint density at radius 3 is 2.59 bits per heavy atom. The largest absolute Gasteiger partial charge is 0.480 e. The van der Waals surface area contributed by atoms with Gasteiger partial charge in [-0.3, -0.25) is 4.79 Å². The van der Waals surface area contributed by atoms with Gasteiger partial charge in [-0.15, -0.1) is 0 Å². The van der Waals surface area contributed by atoms with Crippen LogP contribution in [-0.4, -0.2) is 40.0 Å².